The number of aliphatic hydroxyl groups excluding tert-OH is 1. The Balaban J connectivity index is 3.99. The van der Waals surface area contributed by atoms with Crippen LogP contribution in [0.15, 0.2) is 0 Å². The van der Waals surface area contributed by atoms with Crippen molar-refractivity contribution in [2.75, 3.05) is 26.9 Å². The van der Waals surface area contributed by atoms with Crippen molar-refractivity contribution < 1.29 is 24.5 Å². The molecule has 13 heavy (non-hydrogen) atoms. The lowest BCUT2D eigenvalue weighted by molar-refractivity contribution is -0.156. The van der Waals surface area contributed by atoms with Crippen molar-refractivity contribution in [2.45, 2.75) is 13.0 Å². The fraction of sp³-hybridized carbons (Fsp3) is 0.875. The Kier molecular flexibility index (Phi) is 6.48. The molecule has 0 aromatic heterocycles. The summed E-state index contributed by atoms with van der Waals surface area (Å²) in [6, 6.07) is 0. The zero-order chi connectivity index (χ0) is 10.3. The van der Waals surface area contributed by atoms with Gasteiger partial charge >= 0.3 is 5.97 Å². The zero-order valence-corrected chi connectivity index (χ0v) is 7.90. The Hall–Kier alpha value is -0.650. The Bertz CT molecular complexity index is 147. The molecule has 2 atom stereocenters. The number of hydrogen-bond donors (Lipinski definition) is 2. The fourth-order valence-corrected chi connectivity index (χ4v) is 1.01. The fourth-order valence-electron chi connectivity index (χ4n) is 1.01. The number of ether oxygens (including phenoxy) is 2. The van der Waals surface area contributed by atoms with E-state index < -0.39 is 12.1 Å². The molecule has 0 bridgehead atoms. The minimum atomic E-state index is -1.03. The zero-order valence-electron chi connectivity index (χ0n) is 7.90. The van der Waals surface area contributed by atoms with Crippen molar-refractivity contribution in [1.29, 1.82) is 0 Å². The van der Waals surface area contributed by atoms with Crippen LogP contribution in [0.2, 0.25) is 0 Å². The Morgan fingerprint density at radius 3 is 2.54 bits per heavy atom. The minimum Gasteiger partial charge on any atom is -0.479 e. The maximum absolute atomic E-state index is 10.7. The van der Waals surface area contributed by atoms with E-state index in [1.54, 1.807) is 6.92 Å². The molecule has 78 valence electrons. The summed E-state index contributed by atoms with van der Waals surface area (Å²) in [6.45, 7) is 1.90. The summed E-state index contributed by atoms with van der Waals surface area (Å²) in [5.74, 6) is -1.26. The molecule has 2 unspecified atom stereocenters. The van der Waals surface area contributed by atoms with Crippen molar-refractivity contribution >= 4 is 5.97 Å². The molecule has 0 aliphatic rings. The number of rotatable bonds is 7. The van der Waals surface area contributed by atoms with Crippen LogP contribution in [0.1, 0.15) is 6.92 Å². The van der Waals surface area contributed by atoms with Crippen LogP contribution < -0.4 is 0 Å². The summed E-state index contributed by atoms with van der Waals surface area (Å²) in [5.41, 5.74) is 0. The molecule has 0 aliphatic carbocycles. The van der Waals surface area contributed by atoms with E-state index in [2.05, 4.69) is 0 Å². The highest BCUT2D eigenvalue weighted by molar-refractivity contribution is 5.72. The molecule has 0 heterocycles. The molecule has 0 radical (unpaired) electrons. The molecule has 2 N–H and O–H groups in total. The molecule has 0 aromatic carbocycles. The summed E-state index contributed by atoms with van der Waals surface area (Å²) in [7, 11) is 1.50. The number of hydrogen-bond acceptors (Lipinski definition) is 4. The molecule has 0 aliphatic heterocycles. The second-order valence-corrected chi connectivity index (χ2v) is 2.79. The maximum Gasteiger partial charge on any atom is 0.333 e. The first-order chi connectivity index (χ1) is 6.13. The number of carboxylic acids is 1. The lowest BCUT2D eigenvalue weighted by Gasteiger charge is -2.19. The third-order valence-electron chi connectivity index (χ3n) is 1.58. The molecular weight excluding hydrogens is 176 g/mol. The molecular formula is C8H16O5. The Morgan fingerprint density at radius 2 is 2.15 bits per heavy atom. The van der Waals surface area contributed by atoms with E-state index in [4.69, 9.17) is 19.7 Å². The normalized spacial score (nSPS) is 15.3. The average Bonchev–Trinajstić information content (AvgIpc) is 2.05. The quantitative estimate of drug-likeness (QED) is 0.580. The highest BCUT2D eigenvalue weighted by atomic mass is 16.5. The summed E-state index contributed by atoms with van der Waals surface area (Å²) in [4.78, 5) is 10.7. The van der Waals surface area contributed by atoms with Gasteiger partial charge in [0, 0.05) is 13.0 Å². The number of carbonyl (C=O) groups is 1. The maximum atomic E-state index is 10.7. The summed E-state index contributed by atoms with van der Waals surface area (Å²) < 4.78 is 9.75. The third kappa shape index (κ3) is 4.82. The lowest BCUT2D eigenvalue weighted by atomic mass is 10.1. The highest BCUT2D eigenvalue weighted by Gasteiger charge is 2.24. The molecule has 5 nitrogen and oxygen atoms in total. The number of carboxylic acid groups (broad SMARTS) is 1. The molecule has 0 fully saturated rings. The first-order valence-electron chi connectivity index (χ1n) is 4.07. The van der Waals surface area contributed by atoms with Gasteiger partial charge in [0.1, 0.15) is 0 Å². The van der Waals surface area contributed by atoms with E-state index in [0.717, 1.165) is 0 Å². The number of methoxy groups -OCH3 is 1. The van der Waals surface area contributed by atoms with E-state index in [-0.39, 0.29) is 19.1 Å². The minimum absolute atomic E-state index is 0.0328. The van der Waals surface area contributed by atoms with Gasteiger partial charge < -0.3 is 19.7 Å². The van der Waals surface area contributed by atoms with Crippen molar-refractivity contribution in [2.24, 2.45) is 5.92 Å². The standard InChI is InChI=1S/C8H16O5/c1-6(5-12-2)7(8(10)11)13-4-3-9/h6-7,9H,3-5H2,1-2H3,(H,10,11). The van der Waals surface area contributed by atoms with Gasteiger partial charge in [-0.3, -0.25) is 0 Å². The largest absolute Gasteiger partial charge is 0.479 e. The van der Waals surface area contributed by atoms with Gasteiger partial charge in [-0.05, 0) is 0 Å². The van der Waals surface area contributed by atoms with E-state index in [0.29, 0.717) is 6.61 Å². The van der Waals surface area contributed by atoms with Gasteiger partial charge in [-0.2, -0.15) is 0 Å². The van der Waals surface area contributed by atoms with Crippen molar-refractivity contribution in [3.8, 4) is 0 Å². The van der Waals surface area contributed by atoms with Crippen LogP contribution in [0.4, 0.5) is 0 Å². The average molecular weight is 192 g/mol. The van der Waals surface area contributed by atoms with Gasteiger partial charge in [0.05, 0.1) is 19.8 Å². The van der Waals surface area contributed by atoms with Crippen molar-refractivity contribution in [3.63, 3.8) is 0 Å². The number of aliphatic hydroxyl groups is 1. The van der Waals surface area contributed by atoms with Crippen LogP contribution in [-0.4, -0.2) is 49.2 Å². The van der Waals surface area contributed by atoms with Gasteiger partial charge in [-0.15, -0.1) is 0 Å². The van der Waals surface area contributed by atoms with Crippen LogP contribution in [0, 0.1) is 5.92 Å². The van der Waals surface area contributed by atoms with E-state index >= 15 is 0 Å². The van der Waals surface area contributed by atoms with Gasteiger partial charge in [0.2, 0.25) is 0 Å². The molecule has 0 saturated carbocycles. The lowest BCUT2D eigenvalue weighted by Crippen LogP contribution is -2.34. The molecule has 0 rings (SSSR count). The second-order valence-electron chi connectivity index (χ2n) is 2.79. The van der Waals surface area contributed by atoms with Crippen LogP contribution in [0.3, 0.4) is 0 Å². The van der Waals surface area contributed by atoms with Crippen LogP contribution >= 0.6 is 0 Å². The number of aliphatic carboxylic acids is 1. The molecule has 0 spiro atoms. The molecule has 5 heteroatoms. The van der Waals surface area contributed by atoms with E-state index in [1.807, 2.05) is 0 Å². The smallest absolute Gasteiger partial charge is 0.333 e. The van der Waals surface area contributed by atoms with Crippen molar-refractivity contribution in [3.05, 3.63) is 0 Å². The second kappa shape index (κ2) is 6.82. The predicted octanol–water partition coefficient (Wildman–Crippen LogP) is -0.269. The molecule has 0 amide bonds. The topological polar surface area (TPSA) is 76.0 Å². The van der Waals surface area contributed by atoms with Gasteiger partial charge in [-0.1, -0.05) is 6.92 Å². The summed E-state index contributed by atoms with van der Waals surface area (Å²) in [6.07, 6.45) is -0.910. The van der Waals surface area contributed by atoms with Crippen LogP contribution in [0.5, 0.6) is 0 Å². The van der Waals surface area contributed by atoms with Gasteiger partial charge in [0.15, 0.2) is 6.10 Å². The third-order valence-corrected chi connectivity index (χ3v) is 1.58. The monoisotopic (exact) mass is 192 g/mol. The van der Waals surface area contributed by atoms with Gasteiger partial charge in [0.25, 0.3) is 0 Å². The first-order valence-corrected chi connectivity index (χ1v) is 4.07. The Labute approximate surface area is 77.3 Å². The van der Waals surface area contributed by atoms with Crippen molar-refractivity contribution in [1.82, 2.24) is 0 Å². The molecule has 0 aromatic rings. The SMILES string of the molecule is COCC(C)C(OCCO)C(=O)O. The highest BCUT2D eigenvalue weighted by Crippen LogP contribution is 2.08. The van der Waals surface area contributed by atoms with Crippen LogP contribution in [0.25, 0.3) is 0 Å². The van der Waals surface area contributed by atoms with E-state index in [9.17, 15) is 4.79 Å². The van der Waals surface area contributed by atoms with Gasteiger partial charge in [-0.25, -0.2) is 4.79 Å². The van der Waals surface area contributed by atoms with Crippen LogP contribution in [-0.2, 0) is 14.3 Å². The first kappa shape index (κ1) is 12.3. The van der Waals surface area contributed by atoms with E-state index in [1.165, 1.54) is 7.11 Å². The molecule has 0 saturated heterocycles. The Morgan fingerprint density at radius 1 is 1.54 bits per heavy atom. The summed E-state index contributed by atoms with van der Waals surface area (Å²) >= 11 is 0. The predicted molar refractivity (Wildman–Crippen MR) is 45.5 cm³/mol. The summed E-state index contributed by atoms with van der Waals surface area (Å²) in [5, 5.41) is 17.2.